The second-order valence-corrected chi connectivity index (χ2v) is 9.10. The van der Waals surface area contributed by atoms with Crippen LogP contribution < -0.4 is 9.64 Å². The number of methoxy groups -OCH3 is 1. The molecule has 0 saturated carbocycles. The lowest BCUT2D eigenvalue weighted by Gasteiger charge is -2.40. The molecule has 180 valence electrons. The molecule has 3 aromatic carbocycles. The molecule has 0 radical (unpaired) electrons. The summed E-state index contributed by atoms with van der Waals surface area (Å²) in [4.78, 5) is 31.7. The number of fused-ring (bicyclic) bond motifs is 1. The van der Waals surface area contributed by atoms with E-state index in [2.05, 4.69) is 70.5 Å². The number of ketones is 1. The first kappa shape index (κ1) is 23.3. The maximum atomic E-state index is 12.6. The van der Waals surface area contributed by atoms with Crippen LogP contribution in [0.15, 0.2) is 78.9 Å². The van der Waals surface area contributed by atoms with Gasteiger partial charge in [-0.2, -0.15) is 0 Å². The Morgan fingerprint density at radius 3 is 2.00 bits per heavy atom. The smallest absolute Gasteiger partial charge is 0.299 e. The fourth-order valence-corrected chi connectivity index (χ4v) is 5.29. The number of ether oxygens (including phenoxy) is 1. The molecule has 6 heteroatoms. The van der Waals surface area contributed by atoms with Crippen molar-refractivity contribution in [1.29, 1.82) is 0 Å². The van der Waals surface area contributed by atoms with Crippen LogP contribution in [0.25, 0.3) is 0 Å². The van der Waals surface area contributed by atoms with Crippen LogP contribution >= 0.6 is 0 Å². The number of benzene rings is 3. The molecule has 35 heavy (non-hydrogen) atoms. The average molecular weight is 470 g/mol. The predicted octanol–water partition coefficient (Wildman–Crippen LogP) is 4.02. The third-order valence-corrected chi connectivity index (χ3v) is 7.04. The van der Waals surface area contributed by atoms with Crippen molar-refractivity contribution in [2.75, 3.05) is 51.3 Å². The first-order valence-electron chi connectivity index (χ1n) is 12.3. The van der Waals surface area contributed by atoms with E-state index >= 15 is 0 Å². The van der Waals surface area contributed by atoms with E-state index < -0.39 is 11.7 Å². The van der Waals surface area contributed by atoms with Gasteiger partial charge in [-0.15, -0.1) is 0 Å². The summed E-state index contributed by atoms with van der Waals surface area (Å²) >= 11 is 0. The average Bonchev–Trinajstić information content (AvgIpc) is 3.16. The number of Topliss-reactive ketones (excluding diaryl/α,β-unsaturated/α-hetero) is 1. The summed E-state index contributed by atoms with van der Waals surface area (Å²) in [5.74, 6) is -0.465. The second-order valence-electron chi connectivity index (χ2n) is 9.10. The summed E-state index contributed by atoms with van der Waals surface area (Å²) in [6.07, 6.45) is 0.816. The fraction of sp³-hybridized carbons (Fsp3) is 0.310. The Morgan fingerprint density at radius 1 is 0.771 bits per heavy atom. The molecule has 2 aliphatic rings. The lowest BCUT2D eigenvalue weighted by Crippen LogP contribution is -2.48. The van der Waals surface area contributed by atoms with Crippen molar-refractivity contribution in [2.24, 2.45) is 0 Å². The van der Waals surface area contributed by atoms with Gasteiger partial charge in [-0.05, 0) is 36.2 Å². The van der Waals surface area contributed by atoms with Gasteiger partial charge in [0.25, 0.3) is 11.7 Å². The summed E-state index contributed by atoms with van der Waals surface area (Å²) in [5.41, 5.74) is 3.69. The normalized spacial score (nSPS) is 16.7. The molecule has 0 atom stereocenters. The first-order valence-corrected chi connectivity index (χ1v) is 12.3. The van der Waals surface area contributed by atoms with E-state index in [-0.39, 0.29) is 6.04 Å². The van der Waals surface area contributed by atoms with E-state index in [0.717, 1.165) is 39.1 Å². The summed E-state index contributed by atoms with van der Waals surface area (Å²) < 4.78 is 5.30. The van der Waals surface area contributed by atoms with Gasteiger partial charge in [-0.25, -0.2) is 0 Å². The lowest BCUT2D eigenvalue weighted by molar-refractivity contribution is -0.114. The SMILES string of the molecule is COc1cccc2c1C(=O)C(=O)N2CCCN1CCN(C(c2ccccc2)c2ccccc2)CC1. The monoisotopic (exact) mass is 469 g/mol. The minimum atomic E-state index is -0.473. The van der Waals surface area contributed by atoms with Gasteiger partial charge in [0, 0.05) is 32.7 Å². The van der Waals surface area contributed by atoms with E-state index in [1.54, 1.807) is 11.0 Å². The van der Waals surface area contributed by atoms with E-state index in [4.69, 9.17) is 4.74 Å². The van der Waals surface area contributed by atoms with Gasteiger partial charge in [0.2, 0.25) is 0 Å². The topological polar surface area (TPSA) is 53.1 Å². The molecule has 2 aliphatic heterocycles. The zero-order valence-corrected chi connectivity index (χ0v) is 20.1. The van der Waals surface area contributed by atoms with Crippen LogP contribution in [-0.4, -0.2) is 67.9 Å². The Labute approximate surface area is 206 Å². The number of carbonyl (C=O) groups excluding carboxylic acids is 2. The lowest BCUT2D eigenvalue weighted by atomic mass is 9.96. The number of carbonyl (C=O) groups is 2. The maximum Gasteiger partial charge on any atom is 0.299 e. The van der Waals surface area contributed by atoms with Crippen molar-refractivity contribution in [1.82, 2.24) is 9.80 Å². The first-order chi connectivity index (χ1) is 17.2. The number of amides is 1. The molecule has 0 bridgehead atoms. The van der Waals surface area contributed by atoms with Crippen molar-refractivity contribution in [3.05, 3.63) is 95.6 Å². The molecule has 0 spiro atoms. The minimum Gasteiger partial charge on any atom is -0.496 e. The molecule has 1 fully saturated rings. The van der Waals surface area contributed by atoms with E-state index in [1.807, 2.05) is 12.1 Å². The predicted molar refractivity (Wildman–Crippen MR) is 137 cm³/mol. The molecular weight excluding hydrogens is 438 g/mol. The van der Waals surface area contributed by atoms with E-state index in [1.165, 1.54) is 18.2 Å². The number of anilines is 1. The standard InChI is InChI=1S/C29H31N3O3/c1-35-25-15-8-14-24-26(25)28(33)29(34)32(24)17-9-16-30-18-20-31(21-19-30)27(22-10-4-2-5-11-22)23-12-6-3-7-13-23/h2-8,10-15,27H,9,16-21H2,1H3. The molecule has 0 unspecified atom stereocenters. The number of piperazine rings is 1. The van der Waals surface area contributed by atoms with Gasteiger partial charge in [-0.3, -0.25) is 14.5 Å². The fourth-order valence-electron chi connectivity index (χ4n) is 5.29. The van der Waals surface area contributed by atoms with E-state index in [0.29, 0.717) is 23.5 Å². The molecule has 5 rings (SSSR count). The molecule has 0 N–H and O–H groups in total. The molecule has 0 aromatic heterocycles. The van der Waals surface area contributed by atoms with Crippen molar-refractivity contribution >= 4 is 17.4 Å². The minimum absolute atomic E-state index is 0.249. The van der Waals surface area contributed by atoms with Gasteiger partial charge in [0.05, 0.1) is 24.4 Å². The summed E-state index contributed by atoms with van der Waals surface area (Å²) in [6, 6.07) is 27.1. The highest BCUT2D eigenvalue weighted by Crippen LogP contribution is 2.35. The van der Waals surface area contributed by atoms with Gasteiger partial charge in [0.15, 0.2) is 0 Å². The van der Waals surface area contributed by atoms with Gasteiger partial charge in [-0.1, -0.05) is 66.7 Å². The Bertz CT molecular complexity index is 1130. The van der Waals surface area contributed by atoms with Gasteiger partial charge < -0.3 is 14.5 Å². The molecule has 0 aliphatic carbocycles. The molecule has 2 heterocycles. The van der Waals surface area contributed by atoms with Crippen LogP contribution in [0.4, 0.5) is 5.69 Å². The molecule has 6 nitrogen and oxygen atoms in total. The molecule has 1 saturated heterocycles. The Kier molecular flexibility index (Phi) is 6.93. The molecular formula is C29H31N3O3. The second kappa shape index (κ2) is 10.4. The maximum absolute atomic E-state index is 12.6. The van der Waals surface area contributed by atoms with Crippen molar-refractivity contribution in [3.63, 3.8) is 0 Å². The van der Waals surface area contributed by atoms with Crippen LogP contribution in [0.5, 0.6) is 5.75 Å². The van der Waals surface area contributed by atoms with Crippen LogP contribution in [0.1, 0.15) is 33.9 Å². The zero-order valence-electron chi connectivity index (χ0n) is 20.1. The number of hydrogen-bond acceptors (Lipinski definition) is 5. The summed E-state index contributed by atoms with van der Waals surface area (Å²) in [7, 11) is 1.52. The summed E-state index contributed by atoms with van der Waals surface area (Å²) in [6.45, 7) is 5.35. The van der Waals surface area contributed by atoms with Gasteiger partial charge in [0.1, 0.15) is 5.75 Å². The highest BCUT2D eigenvalue weighted by Gasteiger charge is 2.38. The molecule has 1 amide bonds. The highest BCUT2D eigenvalue weighted by molar-refractivity contribution is 6.52. The van der Waals surface area contributed by atoms with Crippen molar-refractivity contribution in [3.8, 4) is 5.75 Å². The van der Waals surface area contributed by atoms with Crippen LogP contribution in [0, 0.1) is 0 Å². The van der Waals surface area contributed by atoms with Crippen LogP contribution in [-0.2, 0) is 4.79 Å². The molecule has 3 aromatic rings. The van der Waals surface area contributed by atoms with Crippen LogP contribution in [0.2, 0.25) is 0 Å². The van der Waals surface area contributed by atoms with Crippen LogP contribution in [0.3, 0.4) is 0 Å². The highest BCUT2D eigenvalue weighted by atomic mass is 16.5. The van der Waals surface area contributed by atoms with Gasteiger partial charge >= 0.3 is 0 Å². The number of hydrogen-bond donors (Lipinski definition) is 0. The third-order valence-electron chi connectivity index (χ3n) is 7.04. The van der Waals surface area contributed by atoms with Crippen molar-refractivity contribution < 1.29 is 14.3 Å². The Balaban J connectivity index is 1.19. The Morgan fingerprint density at radius 2 is 1.40 bits per heavy atom. The van der Waals surface area contributed by atoms with Crippen molar-refractivity contribution in [2.45, 2.75) is 12.5 Å². The van der Waals surface area contributed by atoms with E-state index in [9.17, 15) is 9.59 Å². The number of nitrogens with zero attached hydrogens (tertiary/aromatic N) is 3. The quantitative estimate of drug-likeness (QED) is 0.467. The summed E-state index contributed by atoms with van der Waals surface area (Å²) in [5, 5.41) is 0. The third kappa shape index (κ3) is 4.72. The Hall–Kier alpha value is -3.48. The number of rotatable bonds is 8. The largest absolute Gasteiger partial charge is 0.496 e. The zero-order chi connectivity index (χ0) is 24.2.